The number of amides is 2. The number of rotatable bonds is 5. The summed E-state index contributed by atoms with van der Waals surface area (Å²) in [5.74, 6) is -1.43. The van der Waals surface area contributed by atoms with Crippen molar-refractivity contribution in [1.82, 2.24) is 10.0 Å². The predicted octanol–water partition coefficient (Wildman–Crippen LogP) is 1.76. The molecule has 8 nitrogen and oxygen atoms in total. The fraction of sp³-hybridized carbons (Fsp3) is 0.333. The van der Waals surface area contributed by atoms with Crippen LogP contribution < -0.4 is 0 Å². The van der Waals surface area contributed by atoms with Gasteiger partial charge in [-0.25, -0.2) is 0 Å². The molecule has 0 fully saturated rings. The second-order valence-electron chi connectivity index (χ2n) is 4.01. The first-order valence-corrected chi connectivity index (χ1v) is 5.82. The second kappa shape index (κ2) is 6.50. The van der Waals surface area contributed by atoms with Gasteiger partial charge in [0, 0.05) is 14.1 Å². The van der Waals surface area contributed by atoms with Gasteiger partial charge in [-0.2, -0.15) is 10.0 Å². The van der Waals surface area contributed by atoms with E-state index in [9.17, 15) is 19.4 Å². The number of carbonyl (C=O) groups excluding carboxylic acids is 2. The molecule has 0 aliphatic heterocycles. The molecule has 0 saturated heterocycles. The first-order chi connectivity index (χ1) is 9.47. The number of aryl methyl sites for hydroxylation is 1. The summed E-state index contributed by atoms with van der Waals surface area (Å²) in [7, 11) is 2.38. The highest BCUT2D eigenvalue weighted by molar-refractivity contribution is 6.07. The van der Waals surface area contributed by atoms with Crippen LogP contribution in [0.3, 0.4) is 0 Å². The van der Waals surface area contributed by atoms with Crippen LogP contribution in [0, 0.1) is 9.81 Å². The van der Waals surface area contributed by atoms with Crippen LogP contribution in [0.25, 0.3) is 0 Å². The number of hydrogen-bond donors (Lipinski definition) is 0. The molecule has 106 valence electrons. The van der Waals surface area contributed by atoms with E-state index in [0.717, 1.165) is 0 Å². The van der Waals surface area contributed by atoms with Gasteiger partial charge in [-0.15, -0.1) is 9.81 Å². The maximum atomic E-state index is 12.1. The van der Waals surface area contributed by atoms with Gasteiger partial charge in [0.25, 0.3) is 11.8 Å². The lowest BCUT2D eigenvalue weighted by Crippen LogP contribution is -2.28. The molecule has 20 heavy (non-hydrogen) atoms. The van der Waals surface area contributed by atoms with E-state index in [0.29, 0.717) is 22.0 Å². The summed E-state index contributed by atoms with van der Waals surface area (Å²) in [6, 6.07) is 4.65. The molecule has 0 spiro atoms. The summed E-state index contributed by atoms with van der Waals surface area (Å²) < 4.78 is 0. The van der Waals surface area contributed by atoms with E-state index in [1.165, 1.54) is 20.2 Å². The van der Waals surface area contributed by atoms with Crippen LogP contribution in [0.5, 0.6) is 0 Å². The van der Waals surface area contributed by atoms with Crippen LogP contribution in [0.1, 0.15) is 33.2 Å². The van der Waals surface area contributed by atoms with Crippen molar-refractivity contribution >= 4 is 11.8 Å². The molecule has 0 saturated carbocycles. The minimum absolute atomic E-state index is 0.00644. The van der Waals surface area contributed by atoms with Gasteiger partial charge in [-0.1, -0.05) is 19.1 Å². The molecule has 0 aromatic heterocycles. The maximum Gasteiger partial charge on any atom is 0.277 e. The van der Waals surface area contributed by atoms with Gasteiger partial charge < -0.3 is 0 Å². The standard InChI is InChI=1S/C12H14N4O4/c1-4-8-6-5-7-9(11(17)15(2)13-19)10(8)12(18)16(3)14-20/h5-7H,4H2,1-3H3. The summed E-state index contributed by atoms with van der Waals surface area (Å²) in [6.45, 7) is 1.80. The van der Waals surface area contributed by atoms with Crippen molar-refractivity contribution in [3.63, 3.8) is 0 Å². The Hall–Kier alpha value is -2.64. The summed E-state index contributed by atoms with van der Waals surface area (Å²) in [4.78, 5) is 45.1. The Morgan fingerprint density at radius 1 is 1.05 bits per heavy atom. The van der Waals surface area contributed by atoms with Crippen molar-refractivity contribution < 1.29 is 9.59 Å². The summed E-state index contributed by atoms with van der Waals surface area (Å²) in [5, 5.41) is 6.22. The Balaban J connectivity index is 3.45. The number of benzene rings is 1. The van der Waals surface area contributed by atoms with Gasteiger partial charge in [0.05, 0.1) is 21.7 Å². The van der Waals surface area contributed by atoms with E-state index in [2.05, 4.69) is 10.6 Å². The third kappa shape index (κ3) is 2.85. The zero-order chi connectivity index (χ0) is 15.3. The molecule has 1 aromatic carbocycles. The summed E-state index contributed by atoms with van der Waals surface area (Å²) in [6.07, 6.45) is 0.479. The lowest BCUT2D eigenvalue weighted by Gasteiger charge is -2.16. The summed E-state index contributed by atoms with van der Waals surface area (Å²) in [5.41, 5.74) is 0.639. The molecule has 2 amide bonds. The van der Waals surface area contributed by atoms with E-state index in [1.807, 2.05) is 0 Å². The van der Waals surface area contributed by atoms with Gasteiger partial charge in [0.15, 0.2) is 0 Å². The molecule has 0 aliphatic rings. The topological polar surface area (TPSA) is 99.5 Å². The third-order valence-electron chi connectivity index (χ3n) is 2.81. The van der Waals surface area contributed by atoms with Crippen LogP contribution in [0.2, 0.25) is 0 Å². The first kappa shape index (κ1) is 15.4. The van der Waals surface area contributed by atoms with E-state index >= 15 is 0 Å². The highest BCUT2D eigenvalue weighted by atomic mass is 16.3. The van der Waals surface area contributed by atoms with Crippen molar-refractivity contribution in [3.8, 4) is 0 Å². The van der Waals surface area contributed by atoms with Gasteiger partial charge in [-0.05, 0) is 18.1 Å². The minimum Gasteiger partial charge on any atom is -0.267 e. The number of hydrogen-bond acceptors (Lipinski definition) is 6. The van der Waals surface area contributed by atoms with Gasteiger partial charge in [0.1, 0.15) is 0 Å². The molecule has 0 radical (unpaired) electrons. The fourth-order valence-corrected chi connectivity index (χ4v) is 1.74. The van der Waals surface area contributed by atoms with Gasteiger partial charge >= 0.3 is 0 Å². The van der Waals surface area contributed by atoms with E-state index in [1.54, 1.807) is 19.1 Å². The highest BCUT2D eigenvalue weighted by Crippen LogP contribution is 2.19. The zero-order valence-corrected chi connectivity index (χ0v) is 11.4. The SMILES string of the molecule is CCc1cccc(C(=O)N(C)N=O)c1C(=O)N(C)N=O. The molecule has 0 atom stereocenters. The number of nitrogens with zero attached hydrogens (tertiary/aromatic N) is 4. The molecule has 1 aromatic rings. The molecule has 0 heterocycles. The van der Waals surface area contributed by atoms with Gasteiger partial charge in [-0.3, -0.25) is 9.59 Å². The Morgan fingerprint density at radius 2 is 1.60 bits per heavy atom. The first-order valence-electron chi connectivity index (χ1n) is 5.82. The van der Waals surface area contributed by atoms with Crippen molar-refractivity contribution in [2.24, 2.45) is 10.6 Å². The largest absolute Gasteiger partial charge is 0.277 e. The quantitative estimate of drug-likeness (QED) is 0.605. The molecule has 0 bridgehead atoms. The highest BCUT2D eigenvalue weighted by Gasteiger charge is 2.25. The Kier molecular flexibility index (Phi) is 5.01. The zero-order valence-electron chi connectivity index (χ0n) is 11.4. The smallest absolute Gasteiger partial charge is 0.267 e. The fourth-order valence-electron chi connectivity index (χ4n) is 1.74. The van der Waals surface area contributed by atoms with Crippen LogP contribution >= 0.6 is 0 Å². The van der Waals surface area contributed by atoms with Crippen molar-refractivity contribution in [2.75, 3.05) is 14.1 Å². The van der Waals surface area contributed by atoms with E-state index in [4.69, 9.17) is 0 Å². The average Bonchev–Trinajstić information content (AvgIpc) is 2.50. The Bertz CT molecular complexity index is 558. The second-order valence-corrected chi connectivity index (χ2v) is 4.01. The molecule has 0 unspecified atom stereocenters. The summed E-state index contributed by atoms with van der Waals surface area (Å²) >= 11 is 0. The number of carbonyl (C=O) groups is 2. The van der Waals surface area contributed by atoms with Crippen LogP contribution in [0.15, 0.2) is 28.8 Å². The average molecular weight is 278 g/mol. The van der Waals surface area contributed by atoms with Gasteiger partial charge in [0.2, 0.25) is 0 Å². The van der Waals surface area contributed by atoms with Crippen molar-refractivity contribution in [1.29, 1.82) is 0 Å². The van der Waals surface area contributed by atoms with E-state index < -0.39 is 11.8 Å². The molecule has 8 heteroatoms. The molecular formula is C12H14N4O4. The van der Waals surface area contributed by atoms with Crippen molar-refractivity contribution in [2.45, 2.75) is 13.3 Å². The Morgan fingerprint density at radius 3 is 2.10 bits per heavy atom. The minimum atomic E-state index is -0.724. The van der Waals surface area contributed by atoms with Crippen LogP contribution in [-0.4, -0.2) is 35.9 Å². The Labute approximate surface area is 115 Å². The normalized spacial score (nSPS) is 9.75. The monoisotopic (exact) mass is 278 g/mol. The lowest BCUT2D eigenvalue weighted by atomic mass is 9.97. The van der Waals surface area contributed by atoms with Crippen molar-refractivity contribution in [3.05, 3.63) is 44.7 Å². The van der Waals surface area contributed by atoms with Crippen LogP contribution in [0.4, 0.5) is 0 Å². The lowest BCUT2D eigenvalue weighted by molar-refractivity contribution is 0.0757. The van der Waals surface area contributed by atoms with Crippen LogP contribution in [-0.2, 0) is 6.42 Å². The maximum absolute atomic E-state index is 12.1. The molecule has 0 aliphatic carbocycles. The predicted molar refractivity (Wildman–Crippen MR) is 71.6 cm³/mol. The van der Waals surface area contributed by atoms with E-state index in [-0.39, 0.29) is 11.1 Å². The molecule has 0 N–H and O–H groups in total. The number of nitroso groups, excluding NO2 is 2. The molecular weight excluding hydrogens is 264 g/mol. The molecule has 1 rings (SSSR count). The third-order valence-corrected chi connectivity index (χ3v) is 2.81.